The largest absolute Gasteiger partial charge is 0.398 e. The predicted octanol–water partition coefficient (Wildman–Crippen LogP) is 1.51. The van der Waals surface area contributed by atoms with E-state index in [1.54, 1.807) is 31.6 Å². The molecule has 106 valence electrons. The Kier molecular flexibility index (Phi) is 4.58. The summed E-state index contributed by atoms with van der Waals surface area (Å²) < 4.78 is 26.4. The van der Waals surface area contributed by atoms with Crippen molar-refractivity contribution >= 4 is 27.5 Å². The molecule has 6 nitrogen and oxygen atoms in total. The molecule has 0 aliphatic heterocycles. The number of rotatable bonds is 5. The molecule has 0 spiro atoms. The van der Waals surface area contributed by atoms with E-state index in [9.17, 15) is 8.42 Å². The van der Waals surface area contributed by atoms with Crippen molar-refractivity contribution in [1.29, 1.82) is 0 Å². The van der Waals surface area contributed by atoms with Crippen LogP contribution in [0.25, 0.3) is 0 Å². The van der Waals surface area contributed by atoms with Gasteiger partial charge in [-0.2, -0.15) is 0 Å². The average Bonchev–Trinajstić information content (AvgIpc) is 2.42. The van der Waals surface area contributed by atoms with Crippen molar-refractivity contribution in [2.75, 3.05) is 12.3 Å². The molecule has 0 radical (unpaired) electrons. The molecule has 0 atom stereocenters. The van der Waals surface area contributed by atoms with Gasteiger partial charge in [0.15, 0.2) is 0 Å². The Morgan fingerprint density at radius 1 is 1.35 bits per heavy atom. The Morgan fingerprint density at radius 3 is 2.80 bits per heavy atom. The molecule has 8 heteroatoms. The summed E-state index contributed by atoms with van der Waals surface area (Å²) in [5, 5.41) is 0.650. The molecule has 0 saturated heterocycles. The lowest BCUT2D eigenvalue weighted by molar-refractivity contribution is 0.583. The molecule has 0 bridgehead atoms. The topological polar surface area (TPSA) is 98.0 Å². The van der Waals surface area contributed by atoms with Gasteiger partial charge < -0.3 is 5.73 Å². The van der Waals surface area contributed by atoms with Gasteiger partial charge in [-0.3, -0.25) is 4.98 Å². The quantitative estimate of drug-likeness (QED) is 0.812. The summed E-state index contributed by atoms with van der Waals surface area (Å²) >= 11 is 1.27. The zero-order valence-electron chi connectivity index (χ0n) is 10.8. The third kappa shape index (κ3) is 3.47. The molecule has 0 aliphatic carbocycles. The Bertz CT molecular complexity index is 690. The summed E-state index contributed by atoms with van der Waals surface area (Å²) in [6, 6.07) is 4.59. The van der Waals surface area contributed by atoms with Crippen molar-refractivity contribution in [2.45, 2.75) is 21.7 Å². The molecule has 1 heterocycles. The van der Waals surface area contributed by atoms with E-state index in [4.69, 9.17) is 5.73 Å². The Morgan fingerprint density at radius 2 is 2.15 bits per heavy atom. The standard InChI is InChI=1S/C12H14N4O2S2/c1-2-16-20(17,18)9-3-4-10(13)11(7-9)19-12-8-14-5-6-15-12/h3-8,16H,2,13H2,1H3. The molecular weight excluding hydrogens is 296 g/mol. The summed E-state index contributed by atoms with van der Waals surface area (Å²) in [7, 11) is -3.50. The minimum Gasteiger partial charge on any atom is -0.398 e. The lowest BCUT2D eigenvalue weighted by atomic mass is 10.3. The number of hydrogen-bond donors (Lipinski definition) is 2. The van der Waals surface area contributed by atoms with Gasteiger partial charge in [-0.15, -0.1) is 0 Å². The summed E-state index contributed by atoms with van der Waals surface area (Å²) in [6.07, 6.45) is 4.73. The van der Waals surface area contributed by atoms with Crippen molar-refractivity contribution in [3.8, 4) is 0 Å². The maximum atomic E-state index is 12.0. The number of anilines is 1. The number of nitrogens with zero attached hydrogens (tertiary/aromatic N) is 2. The van der Waals surface area contributed by atoms with Crippen molar-refractivity contribution < 1.29 is 8.42 Å². The number of sulfonamides is 1. The summed E-state index contributed by atoms with van der Waals surface area (Å²) in [5.74, 6) is 0. The second-order valence-electron chi connectivity index (χ2n) is 3.85. The zero-order chi connectivity index (χ0) is 14.6. The lowest BCUT2D eigenvalue weighted by Gasteiger charge is -2.09. The van der Waals surface area contributed by atoms with Crippen LogP contribution in [0.5, 0.6) is 0 Å². The maximum Gasteiger partial charge on any atom is 0.240 e. The molecule has 2 aromatic rings. The van der Waals surface area contributed by atoms with E-state index in [1.165, 1.54) is 23.9 Å². The molecule has 0 fully saturated rings. The van der Waals surface area contributed by atoms with E-state index >= 15 is 0 Å². The van der Waals surface area contributed by atoms with Gasteiger partial charge in [-0.25, -0.2) is 18.1 Å². The van der Waals surface area contributed by atoms with Gasteiger partial charge in [0.05, 0.1) is 11.1 Å². The normalized spacial score (nSPS) is 11.4. The first-order valence-electron chi connectivity index (χ1n) is 5.86. The minimum absolute atomic E-state index is 0.181. The van der Waals surface area contributed by atoms with Crippen molar-refractivity contribution in [3.05, 3.63) is 36.8 Å². The van der Waals surface area contributed by atoms with Crippen LogP contribution in [0.2, 0.25) is 0 Å². The minimum atomic E-state index is -3.50. The molecule has 1 aromatic carbocycles. The van der Waals surface area contributed by atoms with Crippen molar-refractivity contribution in [3.63, 3.8) is 0 Å². The molecule has 0 aliphatic rings. The van der Waals surface area contributed by atoms with Crippen molar-refractivity contribution in [2.24, 2.45) is 0 Å². The highest BCUT2D eigenvalue weighted by Crippen LogP contribution is 2.32. The van der Waals surface area contributed by atoms with Crippen LogP contribution in [0.15, 0.2) is 51.6 Å². The number of nitrogens with two attached hydrogens (primary N) is 1. The van der Waals surface area contributed by atoms with Gasteiger partial charge in [0, 0.05) is 29.5 Å². The van der Waals surface area contributed by atoms with E-state index in [0.29, 0.717) is 22.2 Å². The van der Waals surface area contributed by atoms with E-state index in [0.717, 1.165) is 0 Å². The third-order valence-corrected chi connectivity index (χ3v) is 4.92. The summed E-state index contributed by atoms with van der Waals surface area (Å²) in [5.41, 5.74) is 6.37. The zero-order valence-corrected chi connectivity index (χ0v) is 12.4. The van der Waals surface area contributed by atoms with Gasteiger partial charge in [0.1, 0.15) is 5.03 Å². The number of nitrogen functional groups attached to an aromatic ring is 1. The van der Waals surface area contributed by atoms with Crippen LogP contribution in [0.1, 0.15) is 6.92 Å². The first kappa shape index (κ1) is 14.8. The third-order valence-electron chi connectivity index (χ3n) is 2.38. The average molecular weight is 310 g/mol. The predicted molar refractivity (Wildman–Crippen MR) is 77.9 cm³/mol. The van der Waals surface area contributed by atoms with Gasteiger partial charge in [0.25, 0.3) is 0 Å². The Labute approximate surface area is 121 Å². The van der Waals surface area contributed by atoms with E-state index in [-0.39, 0.29) is 4.90 Å². The van der Waals surface area contributed by atoms with Gasteiger partial charge >= 0.3 is 0 Å². The number of hydrogen-bond acceptors (Lipinski definition) is 6. The fourth-order valence-electron chi connectivity index (χ4n) is 1.49. The molecule has 1 aromatic heterocycles. The molecule has 0 unspecified atom stereocenters. The van der Waals surface area contributed by atoms with E-state index in [1.807, 2.05) is 0 Å². The first-order chi connectivity index (χ1) is 9.53. The summed E-state index contributed by atoms with van der Waals surface area (Å²) in [6.45, 7) is 2.06. The molecule has 3 N–H and O–H groups in total. The monoisotopic (exact) mass is 310 g/mol. The van der Waals surface area contributed by atoms with Crippen LogP contribution in [-0.4, -0.2) is 24.9 Å². The molecule has 2 rings (SSSR count). The maximum absolute atomic E-state index is 12.0. The van der Waals surface area contributed by atoms with Crippen molar-refractivity contribution in [1.82, 2.24) is 14.7 Å². The van der Waals surface area contributed by atoms with E-state index in [2.05, 4.69) is 14.7 Å². The lowest BCUT2D eigenvalue weighted by Crippen LogP contribution is -2.23. The smallest absolute Gasteiger partial charge is 0.240 e. The highest BCUT2D eigenvalue weighted by molar-refractivity contribution is 7.99. The van der Waals surface area contributed by atoms with Gasteiger partial charge in [-0.1, -0.05) is 18.7 Å². The van der Waals surface area contributed by atoms with Crippen LogP contribution < -0.4 is 10.5 Å². The second kappa shape index (κ2) is 6.21. The van der Waals surface area contributed by atoms with Crippen LogP contribution >= 0.6 is 11.8 Å². The summed E-state index contributed by atoms with van der Waals surface area (Å²) in [4.78, 5) is 8.89. The Hall–Kier alpha value is -1.64. The Balaban J connectivity index is 2.35. The van der Waals surface area contributed by atoms with Crippen LogP contribution in [0.3, 0.4) is 0 Å². The fourth-order valence-corrected chi connectivity index (χ4v) is 3.46. The van der Waals surface area contributed by atoms with Crippen LogP contribution in [0, 0.1) is 0 Å². The first-order valence-corrected chi connectivity index (χ1v) is 8.16. The molecule has 20 heavy (non-hydrogen) atoms. The van der Waals surface area contributed by atoms with Crippen LogP contribution in [0.4, 0.5) is 5.69 Å². The second-order valence-corrected chi connectivity index (χ2v) is 6.68. The highest BCUT2D eigenvalue weighted by atomic mass is 32.2. The van der Waals surface area contributed by atoms with Gasteiger partial charge in [0.2, 0.25) is 10.0 Å². The highest BCUT2D eigenvalue weighted by Gasteiger charge is 2.15. The number of nitrogens with one attached hydrogen (secondary N) is 1. The molecule has 0 saturated carbocycles. The fraction of sp³-hybridized carbons (Fsp3) is 0.167. The van der Waals surface area contributed by atoms with Gasteiger partial charge in [-0.05, 0) is 18.2 Å². The SMILES string of the molecule is CCNS(=O)(=O)c1ccc(N)c(Sc2cnccn2)c1. The molecule has 0 amide bonds. The number of benzene rings is 1. The van der Waals surface area contributed by atoms with Crippen LogP contribution in [-0.2, 0) is 10.0 Å². The number of aromatic nitrogens is 2. The van der Waals surface area contributed by atoms with E-state index < -0.39 is 10.0 Å². The molecular formula is C12H14N4O2S2.